The van der Waals surface area contributed by atoms with Crippen LogP contribution in [0, 0.1) is 27.7 Å². The molecular weight excluding hydrogens is 336 g/mol. The van der Waals surface area contributed by atoms with E-state index in [9.17, 15) is 0 Å². The zero-order valence-electron chi connectivity index (χ0n) is 15.8. The van der Waals surface area contributed by atoms with E-state index in [1.807, 2.05) is 0 Å². The van der Waals surface area contributed by atoms with Gasteiger partial charge in [-0.2, -0.15) is 0 Å². The number of aromatic nitrogens is 2. The van der Waals surface area contributed by atoms with Crippen molar-refractivity contribution < 1.29 is 0 Å². The van der Waals surface area contributed by atoms with E-state index in [4.69, 9.17) is 4.98 Å². The number of nitrogens with zero attached hydrogens (tertiary/aromatic N) is 2. The Morgan fingerprint density at radius 1 is 0.923 bits per heavy atom. The summed E-state index contributed by atoms with van der Waals surface area (Å²) >= 11 is 1.80. The van der Waals surface area contributed by atoms with Crippen molar-refractivity contribution in [2.75, 3.05) is 0 Å². The second-order valence-corrected chi connectivity index (χ2v) is 8.13. The molecule has 0 bridgehead atoms. The number of thiophene rings is 1. The van der Waals surface area contributed by atoms with Gasteiger partial charge < -0.3 is 4.57 Å². The Hall–Kier alpha value is -2.39. The van der Waals surface area contributed by atoms with Crippen molar-refractivity contribution in [2.24, 2.45) is 0 Å². The van der Waals surface area contributed by atoms with Crippen LogP contribution in [0.2, 0.25) is 0 Å². The molecule has 4 rings (SSSR count). The average Bonchev–Trinajstić information content (AvgIpc) is 3.25. The van der Waals surface area contributed by atoms with Gasteiger partial charge >= 0.3 is 0 Å². The van der Waals surface area contributed by atoms with E-state index in [0.717, 1.165) is 24.3 Å². The maximum absolute atomic E-state index is 4.96. The Kier molecular flexibility index (Phi) is 4.41. The molecule has 0 aliphatic rings. The number of hydrogen-bond acceptors (Lipinski definition) is 2. The van der Waals surface area contributed by atoms with Crippen LogP contribution in [0.1, 0.15) is 38.5 Å². The van der Waals surface area contributed by atoms with Crippen molar-refractivity contribution in [3.63, 3.8) is 0 Å². The molecule has 2 aromatic heterocycles. The quantitative estimate of drug-likeness (QED) is 0.438. The monoisotopic (exact) mass is 360 g/mol. The van der Waals surface area contributed by atoms with E-state index >= 15 is 0 Å². The molecule has 2 aromatic carbocycles. The van der Waals surface area contributed by atoms with Crippen LogP contribution in [0.3, 0.4) is 0 Å². The molecule has 0 spiro atoms. The summed E-state index contributed by atoms with van der Waals surface area (Å²) in [5.74, 6) is 1.15. The van der Waals surface area contributed by atoms with Gasteiger partial charge in [-0.15, -0.1) is 11.3 Å². The topological polar surface area (TPSA) is 17.8 Å². The third kappa shape index (κ3) is 2.97. The number of aryl methyl sites for hydroxylation is 2. The lowest BCUT2D eigenvalue weighted by atomic mass is 9.94. The number of imidazole rings is 1. The molecule has 0 amide bonds. The predicted molar refractivity (Wildman–Crippen MR) is 111 cm³/mol. The third-order valence-corrected chi connectivity index (χ3v) is 6.36. The lowest BCUT2D eigenvalue weighted by Crippen LogP contribution is -2.09. The third-order valence-electron chi connectivity index (χ3n) is 5.48. The van der Waals surface area contributed by atoms with Crippen molar-refractivity contribution in [1.82, 2.24) is 9.55 Å². The van der Waals surface area contributed by atoms with Crippen LogP contribution in [0.25, 0.3) is 11.0 Å². The fraction of sp³-hybridized carbons (Fsp3) is 0.261. The highest BCUT2D eigenvalue weighted by atomic mass is 32.1. The number of fused-ring (bicyclic) bond motifs is 1. The van der Waals surface area contributed by atoms with Crippen molar-refractivity contribution in [2.45, 2.75) is 40.7 Å². The Labute approximate surface area is 159 Å². The van der Waals surface area contributed by atoms with Gasteiger partial charge in [0.1, 0.15) is 5.82 Å². The Morgan fingerprint density at radius 2 is 1.65 bits per heavy atom. The Balaban J connectivity index is 1.86. The van der Waals surface area contributed by atoms with Gasteiger partial charge in [0.15, 0.2) is 0 Å². The first-order valence-corrected chi connectivity index (χ1v) is 9.95. The smallest absolute Gasteiger partial charge is 0.115 e. The molecule has 0 aliphatic carbocycles. The summed E-state index contributed by atoms with van der Waals surface area (Å²) in [7, 11) is 0. The number of hydrogen-bond donors (Lipinski definition) is 0. The van der Waals surface area contributed by atoms with Gasteiger partial charge in [-0.05, 0) is 79.1 Å². The van der Waals surface area contributed by atoms with Crippen molar-refractivity contribution >= 4 is 22.4 Å². The normalized spacial score (nSPS) is 11.4. The summed E-state index contributed by atoms with van der Waals surface area (Å²) in [6.07, 6.45) is 0.884. The first kappa shape index (κ1) is 17.0. The first-order chi connectivity index (χ1) is 12.5. The van der Waals surface area contributed by atoms with Crippen LogP contribution in [-0.2, 0) is 13.0 Å². The molecule has 0 aliphatic heterocycles. The summed E-state index contributed by atoms with van der Waals surface area (Å²) in [4.78, 5) is 6.31. The van der Waals surface area contributed by atoms with Crippen molar-refractivity contribution in [3.8, 4) is 0 Å². The molecule has 0 fully saturated rings. The minimum absolute atomic E-state index is 0.876. The summed E-state index contributed by atoms with van der Waals surface area (Å²) in [6.45, 7) is 9.79. The van der Waals surface area contributed by atoms with Gasteiger partial charge in [-0.3, -0.25) is 0 Å². The number of para-hydroxylation sites is 2. The Morgan fingerprint density at radius 3 is 2.35 bits per heavy atom. The maximum Gasteiger partial charge on any atom is 0.115 e. The molecular formula is C23H24N2S. The highest BCUT2D eigenvalue weighted by Crippen LogP contribution is 2.26. The van der Waals surface area contributed by atoms with E-state index in [2.05, 4.69) is 80.1 Å². The number of rotatable bonds is 4. The van der Waals surface area contributed by atoms with Crippen LogP contribution < -0.4 is 0 Å². The molecule has 3 heteroatoms. The summed E-state index contributed by atoms with van der Waals surface area (Å²) < 4.78 is 2.41. The summed E-state index contributed by atoms with van der Waals surface area (Å²) in [5.41, 5.74) is 9.26. The summed E-state index contributed by atoms with van der Waals surface area (Å²) in [6, 6.07) is 15.1. The van der Waals surface area contributed by atoms with Gasteiger partial charge in [-0.1, -0.05) is 24.3 Å². The molecule has 0 N–H and O–H groups in total. The van der Waals surface area contributed by atoms with Crippen molar-refractivity contribution in [3.05, 3.63) is 86.4 Å². The minimum atomic E-state index is 0.876. The van der Waals surface area contributed by atoms with E-state index in [-0.39, 0.29) is 0 Å². The molecule has 0 saturated carbocycles. The van der Waals surface area contributed by atoms with Crippen LogP contribution in [0.5, 0.6) is 0 Å². The lowest BCUT2D eigenvalue weighted by molar-refractivity contribution is 0.755. The SMILES string of the molecule is Cc1cc(C)c(C)c(Cn2c(Cc3cccs3)nc3ccccc32)c1C. The molecule has 26 heavy (non-hydrogen) atoms. The second kappa shape index (κ2) is 6.73. The van der Waals surface area contributed by atoms with Gasteiger partial charge in [0.05, 0.1) is 11.0 Å². The Bertz CT molecular complexity index is 1050. The predicted octanol–water partition coefficient (Wildman–Crippen LogP) is 5.97. The first-order valence-electron chi connectivity index (χ1n) is 9.07. The average molecular weight is 361 g/mol. The zero-order valence-corrected chi connectivity index (χ0v) is 16.7. The van der Waals surface area contributed by atoms with Crippen LogP contribution in [0.15, 0.2) is 47.8 Å². The van der Waals surface area contributed by atoms with Crippen molar-refractivity contribution in [1.29, 1.82) is 0 Å². The lowest BCUT2D eigenvalue weighted by Gasteiger charge is -2.17. The highest BCUT2D eigenvalue weighted by molar-refractivity contribution is 7.09. The van der Waals surface area contributed by atoms with Gasteiger partial charge in [0.2, 0.25) is 0 Å². The molecule has 4 aromatic rings. The number of benzene rings is 2. The van der Waals surface area contributed by atoms with E-state index < -0.39 is 0 Å². The van der Waals surface area contributed by atoms with Gasteiger partial charge in [0.25, 0.3) is 0 Å². The molecule has 132 valence electrons. The molecule has 0 radical (unpaired) electrons. The zero-order chi connectivity index (χ0) is 18.3. The van der Waals surface area contributed by atoms with E-state index in [1.54, 1.807) is 11.3 Å². The van der Waals surface area contributed by atoms with Crippen LogP contribution in [-0.4, -0.2) is 9.55 Å². The molecule has 0 unspecified atom stereocenters. The van der Waals surface area contributed by atoms with Crippen LogP contribution >= 0.6 is 11.3 Å². The molecule has 0 atom stereocenters. The highest BCUT2D eigenvalue weighted by Gasteiger charge is 2.15. The second-order valence-electron chi connectivity index (χ2n) is 7.10. The van der Waals surface area contributed by atoms with Gasteiger partial charge in [0, 0.05) is 17.8 Å². The maximum atomic E-state index is 4.96. The standard InChI is InChI=1S/C23H24N2S/c1-15-12-16(2)18(4)20(17(15)3)14-25-22-10-6-5-9-21(22)24-23(25)13-19-8-7-11-26-19/h5-12H,13-14H2,1-4H3. The fourth-order valence-corrected chi connectivity index (χ4v) is 4.40. The molecule has 2 heterocycles. The fourth-order valence-electron chi connectivity index (χ4n) is 3.70. The van der Waals surface area contributed by atoms with Gasteiger partial charge in [-0.25, -0.2) is 4.98 Å². The molecule has 0 saturated heterocycles. The van der Waals surface area contributed by atoms with Crippen LogP contribution in [0.4, 0.5) is 0 Å². The minimum Gasteiger partial charge on any atom is -0.323 e. The molecule has 2 nitrogen and oxygen atoms in total. The largest absolute Gasteiger partial charge is 0.323 e. The summed E-state index contributed by atoms with van der Waals surface area (Å²) in [5, 5.41) is 2.14. The van der Waals surface area contributed by atoms with E-state index in [0.29, 0.717) is 0 Å². The van der Waals surface area contributed by atoms with E-state index in [1.165, 1.54) is 38.2 Å².